The van der Waals surface area contributed by atoms with Gasteiger partial charge >= 0.3 is 0 Å². The molecule has 0 unspecified atom stereocenters. The maximum Gasteiger partial charge on any atom is 0.224 e. The van der Waals surface area contributed by atoms with Crippen molar-refractivity contribution in [2.75, 3.05) is 18.7 Å². The number of benzene rings is 1. The summed E-state index contributed by atoms with van der Waals surface area (Å²) in [4.78, 5) is 17.4. The molecule has 118 valence electrons. The van der Waals surface area contributed by atoms with Crippen LogP contribution in [-0.4, -0.2) is 29.7 Å². The number of thioether (sulfide) groups is 1. The maximum atomic E-state index is 8.58. The fourth-order valence-corrected chi connectivity index (χ4v) is 2.09. The van der Waals surface area contributed by atoms with Crippen molar-refractivity contribution in [2.24, 2.45) is 5.73 Å². The summed E-state index contributed by atoms with van der Waals surface area (Å²) in [5.41, 5.74) is 6.26. The van der Waals surface area contributed by atoms with Crippen LogP contribution in [0.15, 0.2) is 41.4 Å². The zero-order valence-corrected chi connectivity index (χ0v) is 13.5. The number of ether oxygens (including phenoxy) is 1. The summed E-state index contributed by atoms with van der Waals surface area (Å²) < 4.78 is 5.12. The van der Waals surface area contributed by atoms with Crippen LogP contribution in [0.2, 0.25) is 0 Å². The van der Waals surface area contributed by atoms with Crippen LogP contribution in [0.4, 0.5) is 5.95 Å². The van der Waals surface area contributed by atoms with Gasteiger partial charge in [0.2, 0.25) is 12.4 Å². The third kappa shape index (κ3) is 6.55. The molecule has 1 aromatic carbocycles. The van der Waals surface area contributed by atoms with Gasteiger partial charge in [-0.2, -0.15) is 0 Å². The average Bonchev–Trinajstić information content (AvgIpc) is 2.55. The van der Waals surface area contributed by atoms with Gasteiger partial charge in [-0.15, -0.1) is 11.8 Å². The Bertz CT molecular complexity index is 567. The highest BCUT2D eigenvalue weighted by Crippen LogP contribution is 2.16. The van der Waals surface area contributed by atoms with E-state index in [4.69, 9.17) is 9.53 Å². The first-order valence-electron chi connectivity index (χ1n) is 6.57. The molecule has 0 atom stereocenters. The molecule has 2 aromatic rings. The lowest BCUT2D eigenvalue weighted by molar-refractivity contribution is -0.106. The molecule has 0 aliphatic rings. The van der Waals surface area contributed by atoms with Crippen LogP contribution in [-0.2, 0) is 22.7 Å². The highest BCUT2D eigenvalue weighted by Gasteiger charge is 2.04. The normalized spacial score (nSPS) is 9.55. The molecule has 0 bridgehead atoms. The number of carbonyl (C=O) groups is 1. The van der Waals surface area contributed by atoms with Crippen molar-refractivity contribution in [1.82, 2.24) is 9.97 Å². The number of methoxy groups -OCH3 is 1. The van der Waals surface area contributed by atoms with Gasteiger partial charge in [0.05, 0.1) is 12.3 Å². The minimum Gasteiger partial charge on any atom is -0.378 e. The van der Waals surface area contributed by atoms with Gasteiger partial charge in [0.25, 0.3) is 0 Å². The SMILES string of the molecule is COCc1cc(SC)nc(NCc2ccccc2)n1.NC=O. The van der Waals surface area contributed by atoms with Crippen molar-refractivity contribution in [3.05, 3.63) is 47.7 Å². The monoisotopic (exact) mass is 320 g/mol. The predicted octanol–water partition coefficient (Wildman–Crippen LogP) is 2.06. The van der Waals surface area contributed by atoms with E-state index in [2.05, 4.69) is 33.2 Å². The first-order valence-corrected chi connectivity index (χ1v) is 7.80. The van der Waals surface area contributed by atoms with Gasteiger partial charge in [0.15, 0.2) is 0 Å². The van der Waals surface area contributed by atoms with E-state index in [0.717, 1.165) is 10.7 Å². The van der Waals surface area contributed by atoms with Crippen molar-refractivity contribution in [2.45, 2.75) is 18.2 Å². The fraction of sp³-hybridized carbons (Fsp3) is 0.267. The number of rotatable bonds is 6. The lowest BCUT2D eigenvalue weighted by Crippen LogP contribution is -2.06. The molecule has 0 aliphatic carbocycles. The van der Waals surface area contributed by atoms with Crippen LogP contribution in [0.1, 0.15) is 11.3 Å². The van der Waals surface area contributed by atoms with E-state index in [1.807, 2.05) is 30.5 Å². The molecule has 0 fully saturated rings. The summed E-state index contributed by atoms with van der Waals surface area (Å²) in [5.74, 6) is 0.641. The highest BCUT2D eigenvalue weighted by molar-refractivity contribution is 7.98. The van der Waals surface area contributed by atoms with E-state index in [0.29, 0.717) is 19.1 Å². The van der Waals surface area contributed by atoms with Crippen molar-refractivity contribution in [3.8, 4) is 0 Å². The summed E-state index contributed by atoms with van der Waals surface area (Å²) in [7, 11) is 1.66. The van der Waals surface area contributed by atoms with Crippen LogP contribution < -0.4 is 11.1 Å². The molecule has 1 amide bonds. The van der Waals surface area contributed by atoms with Crippen LogP contribution in [0, 0.1) is 0 Å². The second-order valence-electron chi connectivity index (χ2n) is 4.13. The van der Waals surface area contributed by atoms with Gasteiger partial charge in [0, 0.05) is 13.7 Å². The molecular weight excluding hydrogens is 300 g/mol. The van der Waals surface area contributed by atoms with Crippen molar-refractivity contribution < 1.29 is 9.53 Å². The second kappa shape index (κ2) is 10.6. The zero-order valence-electron chi connectivity index (χ0n) is 12.7. The molecule has 1 heterocycles. The lowest BCUT2D eigenvalue weighted by atomic mass is 10.2. The molecule has 0 spiro atoms. The molecule has 7 heteroatoms. The Kier molecular flexibility index (Phi) is 8.63. The van der Waals surface area contributed by atoms with Crippen LogP contribution in [0.3, 0.4) is 0 Å². The molecule has 0 radical (unpaired) electrons. The minimum absolute atomic E-state index is 0.250. The number of aromatic nitrogens is 2. The molecule has 3 N–H and O–H groups in total. The number of carbonyl (C=O) groups excluding carboxylic acids is 1. The van der Waals surface area contributed by atoms with Crippen LogP contribution in [0.5, 0.6) is 0 Å². The van der Waals surface area contributed by atoms with Gasteiger partial charge in [-0.3, -0.25) is 4.79 Å². The number of nitrogens with two attached hydrogens (primary N) is 1. The Labute approximate surface area is 134 Å². The van der Waals surface area contributed by atoms with E-state index in [9.17, 15) is 0 Å². The highest BCUT2D eigenvalue weighted by atomic mass is 32.2. The van der Waals surface area contributed by atoms with Crippen molar-refractivity contribution in [3.63, 3.8) is 0 Å². The molecule has 1 aromatic heterocycles. The molecular formula is C15H20N4O2S. The van der Waals surface area contributed by atoms with Gasteiger partial charge in [0.1, 0.15) is 5.03 Å². The van der Waals surface area contributed by atoms with Gasteiger partial charge < -0.3 is 15.8 Å². The maximum absolute atomic E-state index is 8.58. The average molecular weight is 320 g/mol. The summed E-state index contributed by atoms with van der Waals surface area (Å²) in [6.07, 6.45) is 2.25. The van der Waals surface area contributed by atoms with Gasteiger partial charge in [-0.25, -0.2) is 9.97 Å². The predicted molar refractivity (Wildman–Crippen MR) is 88.5 cm³/mol. The zero-order chi connectivity index (χ0) is 16.2. The number of anilines is 1. The summed E-state index contributed by atoms with van der Waals surface area (Å²) >= 11 is 1.60. The number of nitrogens with zero attached hydrogens (tertiary/aromatic N) is 2. The first-order chi connectivity index (χ1) is 10.7. The van der Waals surface area contributed by atoms with Gasteiger partial charge in [-0.05, 0) is 17.9 Å². The van der Waals surface area contributed by atoms with E-state index >= 15 is 0 Å². The quantitative estimate of drug-likeness (QED) is 0.481. The molecule has 0 aliphatic heterocycles. The number of nitrogens with one attached hydrogen (secondary N) is 1. The topological polar surface area (TPSA) is 90.1 Å². The Balaban J connectivity index is 0.000000745. The van der Waals surface area contributed by atoms with Crippen molar-refractivity contribution in [1.29, 1.82) is 0 Å². The summed E-state index contributed by atoms with van der Waals surface area (Å²) in [6.45, 7) is 1.21. The minimum atomic E-state index is 0.250. The summed E-state index contributed by atoms with van der Waals surface area (Å²) in [6, 6.07) is 12.1. The van der Waals surface area contributed by atoms with E-state index < -0.39 is 0 Å². The number of amides is 1. The first kappa shape index (κ1) is 17.9. The van der Waals surface area contributed by atoms with Crippen molar-refractivity contribution >= 4 is 24.1 Å². The molecule has 0 saturated heterocycles. The van der Waals surface area contributed by atoms with Gasteiger partial charge in [-0.1, -0.05) is 30.3 Å². The van der Waals surface area contributed by atoms with E-state index in [1.165, 1.54) is 5.56 Å². The number of primary amides is 1. The standard InChI is InChI=1S/C14H17N3OS.CH3NO/c1-18-10-12-8-13(19-2)17-14(16-12)15-9-11-6-4-3-5-7-11;2-1-3/h3-8H,9-10H2,1-2H3,(H,15,16,17);1H,(H2,2,3). The molecule has 22 heavy (non-hydrogen) atoms. The van der Waals surface area contributed by atoms with E-state index in [-0.39, 0.29) is 6.41 Å². The molecule has 6 nitrogen and oxygen atoms in total. The van der Waals surface area contributed by atoms with Crippen LogP contribution in [0.25, 0.3) is 0 Å². The summed E-state index contributed by atoms with van der Waals surface area (Å²) in [5, 5.41) is 4.19. The Hall–Kier alpha value is -2.12. The molecule has 2 rings (SSSR count). The fourth-order valence-electron chi connectivity index (χ4n) is 1.65. The smallest absolute Gasteiger partial charge is 0.224 e. The Morgan fingerprint density at radius 1 is 1.32 bits per heavy atom. The largest absolute Gasteiger partial charge is 0.378 e. The van der Waals surface area contributed by atoms with Crippen LogP contribution >= 0.6 is 11.8 Å². The third-order valence-electron chi connectivity index (χ3n) is 2.55. The lowest BCUT2D eigenvalue weighted by Gasteiger charge is -2.08. The third-order valence-corrected chi connectivity index (χ3v) is 3.18. The Morgan fingerprint density at radius 2 is 2.00 bits per heavy atom. The van der Waals surface area contributed by atoms with E-state index in [1.54, 1.807) is 18.9 Å². The molecule has 0 saturated carbocycles. The second-order valence-corrected chi connectivity index (χ2v) is 4.96. The number of hydrogen-bond donors (Lipinski definition) is 2. The Morgan fingerprint density at radius 3 is 2.59 bits per heavy atom. The number of hydrogen-bond acceptors (Lipinski definition) is 6.